The predicted octanol–water partition coefficient (Wildman–Crippen LogP) is 2.22. The van der Waals surface area contributed by atoms with Crippen molar-refractivity contribution in [3.8, 4) is 0 Å². The van der Waals surface area contributed by atoms with Crippen LogP contribution in [0.25, 0.3) is 0 Å². The van der Waals surface area contributed by atoms with E-state index in [4.69, 9.17) is 9.47 Å². The van der Waals surface area contributed by atoms with Gasteiger partial charge < -0.3 is 14.6 Å². The molecule has 4 nitrogen and oxygen atoms in total. The van der Waals surface area contributed by atoms with Crippen molar-refractivity contribution in [3.63, 3.8) is 0 Å². The Bertz CT molecular complexity index is 329. The minimum Gasteiger partial charge on any atom is -0.481 e. The normalized spacial score (nSPS) is 39.2. The van der Waals surface area contributed by atoms with Crippen LogP contribution in [0.1, 0.15) is 44.9 Å². The Morgan fingerprint density at radius 2 is 2.00 bits per heavy atom. The van der Waals surface area contributed by atoms with E-state index in [0.717, 1.165) is 45.1 Å². The highest BCUT2D eigenvalue weighted by Gasteiger charge is 2.53. The first kappa shape index (κ1) is 12.4. The first-order chi connectivity index (χ1) is 8.67. The van der Waals surface area contributed by atoms with Crippen LogP contribution in [-0.4, -0.2) is 36.5 Å². The van der Waals surface area contributed by atoms with Crippen LogP contribution in [-0.2, 0) is 14.3 Å². The van der Waals surface area contributed by atoms with Gasteiger partial charge in [-0.1, -0.05) is 0 Å². The molecule has 0 radical (unpaired) electrons. The summed E-state index contributed by atoms with van der Waals surface area (Å²) in [6.07, 6.45) is 6.88. The fourth-order valence-corrected chi connectivity index (χ4v) is 3.90. The molecule has 3 fully saturated rings. The highest BCUT2D eigenvalue weighted by Crippen LogP contribution is 2.51. The predicted molar refractivity (Wildman–Crippen MR) is 65.4 cm³/mol. The standard InChI is InChI=1S/C14H22O4/c15-12(16)14(6-2-7-17-10-14)11-3-8-18-13(9-11)4-1-5-13/h11H,1-10H2,(H,15,16). The Hall–Kier alpha value is -0.610. The molecule has 1 spiro atoms. The van der Waals surface area contributed by atoms with Crippen LogP contribution in [0.15, 0.2) is 0 Å². The minimum absolute atomic E-state index is 0.0167. The number of carbonyl (C=O) groups is 1. The Morgan fingerprint density at radius 3 is 2.56 bits per heavy atom. The number of rotatable bonds is 2. The molecule has 2 atom stereocenters. The average molecular weight is 254 g/mol. The minimum atomic E-state index is -0.663. The number of hydrogen-bond donors (Lipinski definition) is 1. The molecular weight excluding hydrogens is 232 g/mol. The van der Waals surface area contributed by atoms with Crippen LogP contribution in [0, 0.1) is 11.3 Å². The molecule has 3 aliphatic rings. The summed E-state index contributed by atoms with van der Waals surface area (Å²) in [7, 11) is 0. The van der Waals surface area contributed by atoms with Gasteiger partial charge in [0.05, 0.1) is 17.6 Å². The van der Waals surface area contributed by atoms with Gasteiger partial charge in [-0.05, 0) is 50.9 Å². The van der Waals surface area contributed by atoms with Gasteiger partial charge in [-0.15, -0.1) is 0 Å². The fraction of sp³-hybridized carbons (Fsp3) is 0.929. The maximum absolute atomic E-state index is 11.8. The van der Waals surface area contributed by atoms with Gasteiger partial charge in [-0.25, -0.2) is 0 Å². The molecule has 2 heterocycles. The summed E-state index contributed by atoms with van der Waals surface area (Å²) < 4.78 is 11.4. The summed E-state index contributed by atoms with van der Waals surface area (Å²) in [6.45, 7) is 1.83. The van der Waals surface area contributed by atoms with Crippen molar-refractivity contribution in [2.75, 3.05) is 19.8 Å². The number of carboxylic acids is 1. The van der Waals surface area contributed by atoms with Gasteiger partial charge in [-0.3, -0.25) is 4.79 Å². The highest BCUT2D eigenvalue weighted by molar-refractivity contribution is 5.75. The van der Waals surface area contributed by atoms with Gasteiger partial charge in [-0.2, -0.15) is 0 Å². The largest absolute Gasteiger partial charge is 0.481 e. The molecule has 2 saturated heterocycles. The van der Waals surface area contributed by atoms with E-state index in [-0.39, 0.29) is 11.5 Å². The third kappa shape index (κ3) is 1.86. The van der Waals surface area contributed by atoms with Crippen LogP contribution in [0.4, 0.5) is 0 Å². The van der Waals surface area contributed by atoms with E-state index in [1.54, 1.807) is 0 Å². The Morgan fingerprint density at radius 1 is 1.17 bits per heavy atom. The van der Waals surface area contributed by atoms with E-state index in [0.29, 0.717) is 13.2 Å². The first-order valence-electron chi connectivity index (χ1n) is 7.12. The number of aliphatic carboxylic acids is 1. The topological polar surface area (TPSA) is 55.8 Å². The number of carboxylic acid groups (broad SMARTS) is 1. The number of hydrogen-bond acceptors (Lipinski definition) is 3. The Balaban J connectivity index is 1.79. The molecule has 4 heteroatoms. The van der Waals surface area contributed by atoms with Gasteiger partial charge in [0.2, 0.25) is 0 Å². The molecule has 3 rings (SSSR count). The third-order valence-corrected chi connectivity index (χ3v) is 5.24. The van der Waals surface area contributed by atoms with Crippen LogP contribution in [0.5, 0.6) is 0 Å². The van der Waals surface area contributed by atoms with E-state index >= 15 is 0 Å². The van der Waals surface area contributed by atoms with Gasteiger partial charge in [0.1, 0.15) is 0 Å². The maximum Gasteiger partial charge on any atom is 0.312 e. The molecule has 2 aliphatic heterocycles. The second-order valence-electron chi connectivity index (χ2n) is 6.19. The van der Waals surface area contributed by atoms with Crippen LogP contribution < -0.4 is 0 Å². The average Bonchev–Trinajstić information content (AvgIpc) is 2.38. The summed E-state index contributed by atoms with van der Waals surface area (Å²) >= 11 is 0. The van der Waals surface area contributed by atoms with Gasteiger partial charge in [0, 0.05) is 13.2 Å². The number of ether oxygens (including phenoxy) is 2. The van der Waals surface area contributed by atoms with E-state index in [1.807, 2.05) is 0 Å². The summed E-state index contributed by atoms with van der Waals surface area (Å²) in [5, 5.41) is 9.68. The molecule has 1 aliphatic carbocycles. The molecule has 1 N–H and O–H groups in total. The molecule has 0 bridgehead atoms. The first-order valence-corrected chi connectivity index (χ1v) is 7.12. The molecule has 0 aromatic carbocycles. The molecular formula is C14H22O4. The lowest BCUT2D eigenvalue weighted by Crippen LogP contribution is -2.53. The van der Waals surface area contributed by atoms with Crippen molar-refractivity contribution < 1.29 is 19.4 Å². The van der Waals surface area contributed by atoms with Gasteiger partial charge in [0.25, 0.3) is 0 Å². The lowest BCUT2D eigenvalue weighted by molar-refractivity contribution is -0.190. The molecule has 2 unspecified atom stereocenters. The molecule has 0 amide bonds. The highest BCUT2D eigenvalue weighted by atomic mass is 16.5. The summed E-state index contributed by atoms with van der Waals surface area (Å²) in [6, 6.07) is 0. The van der Waals surface area contributed by atoms with Crippen molar-refractivity contribution >= 4 is 5.97 Å². The maximum atomic E-state index is 11.8. The lowest BCUT2D eigenvalue weighted by Gasteiger charge is -2.51. The van der Waals surface area contributed by atoms with Crippen LogP contribution >= 0.6 is 0 Å². The molecule has 102 valence electrons. The van der Waals surface area contributed by atoms with Crippen molar-refractivity contribution in [3.05, 3.63) is 0 Å². The summed E-state index contributed by atoms with van der Waals surface area (Å²) in [5.74, 6) is -0.437. The summed E-state index contributed by atoms with van der Waals surface area (Å²) in [4.78, 5) is 11.8. The smallest absolute Gasteiger partial charge is 0.312 e. The summed E-state index contributed by atoms with van der Waals surface area (Å²) in [5.41, 5.74) is -0.632. The van der Waals surface area contributed by atoms with Gasteiger partial charge >= 0.3 is 5.97 Å². The fourth-order valence-electron chi connectivity index (χ4n) is 3.90. The Kier molecular flexibility index (Phi) is 3.10. The van der Waals surface area contributed by atoms with E-state index in [1.165, 1.54) is 6.42 Å². The van der Waals surface area contributed by atoms with Crippen molar-refractivity contribution in [2.45, 2.75) is 50.5 Å². The monoisotopic (exact) mass is 254 g/mol. The molecule has 0 aromatic heterocycles. The Labute approximate surface area is 108 Å². The van der Waals surface area contributed by atoms with Crippen molar-refractivity contribution in [1.29, 1.82) is 0 Å². The third-order valence-electron chi connectivity index (χ3n) is 5.24. The molecule has 1 saturated carbocycles. The SMILES string of the molecule is O=C(O)C1(C2CCOC3(CCC3)C2)CCCOC1. The van der Waals surface area contributed by atoms with Crippen LogP contribution in [0.2, 0.25) is 0 Å². The zero-order chi connectivity index (χ0) is 12.6. The van der Waals surface area contributed by atoms with E-state index in [9.17, 15) is 9.90 Å². The van der Waals surface area contributed by atoms with E-state index in [2.05, 4.69) is 0 Å². The molecule has 0 aromatic rings. The zero-order valence-electron chi connectivity index (χ0n) is 10.8. The van der Waals surface area contributed by atoms with Gasteiger partial charge in [0.15, 0.2) is 0 Å². The van der Waals surface area contributed by atoms with E-state index < -0.39 is 11.4 Å². The lowest BCUT2D eigenvalue weighted by atomic mass is 9.62. The zero-order valence-corrected chi connectivity index (χ0v) is 10.8. The van der Waals surface area contributed by atoms with Crippen LogP contribution in [0.3, 0.4) is 0 Å². The molecule has 18 heavy (non-hydrogen) atoms. The van der Waals surface area contributed by atoms with Crippen molar-refractivity contribution in [2.24, 2.45) is 11.3 Å². The second kappa shape index (κ2) is 4.49. The quantitative estimate of drug-likeness (QED) is 0.821. The van der Waals surface area contributed by atoms with Crippen molar-refractivity contribution in [1.82, 2.24) is 0 Å². The second-order valence-corrected chi connectivity index (χ2v) is 6.19.